The lowest BCUT2D eigenvalue weighted by atomic mass is 10.2. The minimum atomic E-state index is -0.374. The van der Waals surface area contributed by atoms with Crippen LogP contribution in [-0.2, 0) is 10.5 Å². The number of nitrogens with one attached hydrogen (secondary N) is 2. The van der Waals surface area contributed by atoms with Crippen molar-refractivity contribution in [2.75, 3.05) is 11.1 Å². The van der Waals surface area contributed by atoms with E-state index < -0.39 is 0 Å². The number of carbonyl (C=O) groups is 1. The van der Waals surface area contributed by atoms with Gasteiger partial charge in [0.1, 0.15) is 0 Å². The summed E-state index contributed by atoms with van der Waals surface area (Å²) in [7, 11) is 0. The van der Waals surface area contributed by atoms with Crippen molar-refractivity contribution >= 4 is 35.1 Å². The number of nitrogens with zero attached hydrogens (tertiary/aromatic N) is 1. The van der Waals surface area contributed by atoms with Gasteiger partial charge in [-0.2, -0.15) is 11.8 Å². The fourth-order valence-corrected chi connectivity index (χ4v) is 3.72. The van der Waals surface area contributed by atoms with E-state index in [9.17, 15) is 9.59 Å². The molecule has 1 amide bonds. The quantitative estimate of drug-likeness (QED) is 0.415. The molecule has 0 fully saturated rings. The molecule has 1 atom stereocenters. The molecule has 1 heterocycles. The molecule has 0 bridgehead atoms. The zero-order valence-electron chi connectivity index (χ0n) is 14.7. The maximum absolute atomic E-state index is 12.4. The summed E-state index contributed by atoms with van der Waals surface area (Å²) in [5.41, 5.74) is 2.37. The number of anilines is 1. The summed E-state index contributed by atoms with van der Waals surface area (Å²) in [5, 5.41) is 3.02. The number of aromatic nitrogens is 2. The first-order valence-corrected chi connectivity index (χ1v) is 10.2. The van der Waals surface area contributed by atoms with Gasteiger partial charge >= 0.3 is 0 Å². The van der Waals surface area contributed by atoms with Crippen LogP contribution in [0.4, 0.5) is 5.69 Å². The highest BCUT2D eigenvalue weighted by atomic mass is 32.2. The highest BCUT2D eigenvalue weighted by molar-refractivity contribution is 8.00. The van der Waals surface area contributed by atoms with E-state index >= 15 is 0 Å². The van der Waals surface area contributed by atoms with Crippen molar-refractivity contribution in [3.63, 3.8) is 0 Å². The summed E-state index contributed by atoms with van der Waals surface area (Å²) < 4.78 is 0. The maximum Gasteiger partial charge on any atom is 0.251 e. The fraction of sp³-hybridized carbons (Fsp3) is 0.389. The largest absolute Gasteiger partial charge is 0.325 e. The van der Waals surface area contributed by atoms with Gasteiger partial charge < -0.3 is 10.3 Å². The van der Waals surface area contributed by atoms with Crippen LogP contribution in [0.2, 0.25) is 0 Å². The lowest BCUT2D eigenvalue weighted by molar-refractivity contribution is -0.115. The number of thioether (sulfide) groups is 2. The van der Waals surface area contributed by atoms with Crippen molar-refractivity contribution in [2.24, 2.45) is 0 Å². The number of carbonyl (C=O) groups excluding carboxylic acids is 1. The first kappa shape index (κ1) is 19.6. The van der Waals surface area contributed by atoms with Gasteiger partial charge in [-0.1, -0.05) is 36.9 Å². The second-order valence-electron chi connectivity index (χ2n) is 5.66. The normalized spacial score (nSPS) is 12.0. The molecule has 0 spiro atoms. The Balaban J connectivity index is 2.01. The van der Waals surface area contributed by atoms with Gasteiger partial charge in [-0.3, -0.25) is 9.59 Å². The monoisotopic (exact) mass is 377 g/mol. The maximum atomic E-state index is 12.4. The van der Waals surface area contributed by atoms with Crippen LogP contribution in [0.3, 0.4) is 0 Å². The molecule has 7 heteroatoms. The molecule has 1 aromatic heterocycles. The topological polar surface area (TPSA) is 74.8 Å². The third-order valence-corrected chi connectivity index (χ3v) is 5.61. The molecule has 0 aliphatic rings. The molecule has 25 heavy (non-hydrogen) atoms. The summed E-state index contributed by atoms with van der Waals surface area (Å²) in [5.74, 6) is 1.62. The molecule has 2 aromatic rings. The molecular weight excluding hydrogens is 354 g/mol. The summed E-state index contributed by atoms with van der Waals surface area (Å²) in [4.78, 5) is 31.4. The highest BCUT2D eigenvalue weighted by Crippen LogP contribution is 2.22. The van der Waals surface area contributed by atoms with E-state index in [1.54, 1.807) is 18.7 Å². The summed E-state index contributed by atoms with van der Waals surface area (Å²) in [6.45, 7) is 5.87. The van der Waals surface area contributed by atoms with E-state index in [1.807, 2.05) is 31.2 Å². The lowest BCUT2D eigenvalue weighted by Crippen LogP contribution is -2.23. The SMILES string of the molecule is CCCSCc1cc(=O)[nH]c(SC(C)C(=O)Nc2ccccc2C)n1. The van der Waals surface area contributed by atoms with E-state index in [2.05, 4.69) is 22.2 Å². The van der Waals surface area contributed by atoms with Crippen LogP contribution >= 0.6 is 23.5 Å². The Labute approximate surface area is 156 Å². The van der Waals surface area contributed by atoms with Gasteiger partial charge in [0.15, 0.2) is 5.16 Å². The van der Waals surface area contributed by atoms with E-state index in [-0.39, 0.29) is 16.7 Å². The van der Waals surface area contributed by atoms with Crippen molar-refractivity contribution in [2.45, 2.75) is 43.4 Å². The number of H-pyrrole nitrogens is 1. The Bertz CT molecular complexity index is 777. The van der Waals surface area contributed by atoms with E-state index in [0.717, 1.165) is 29.1 Å². The number of benzene rings is 1. The van der Waals surface area contributed by atoms with Gasteiger partial charge in [0.2, 0.25) is 5.91 Å². The Morgan fingerprint density at radius 1 is 1.36 bits per heavy atom. The Hall–Kier alpha value is -1.73. The Morgan fingerprint density at radius 3 is 2.84 bits per heavy atom. The average molecular weight is 378 g/mol. The number of aryl methyl sites for hydroxylation is 1. The molecular formula is C18H23N3O2S2. The Morgan fingerprint density at radius 2 is 2.12 bits per heavy atom. The number of amides is 1. The van der Waals surface area contributed by atoms with Crippen LogP contribution in [0.5, 0.6) is 0 Å². The van der Waals surface area contributed by atoms with Crippen LogP contribution in [0.25, 0.3) is 0 Å². The third kappa shape index (κ3) is 6.25. The minimum absolute atomic E-state index is 0.118. The smallest absolute Gasteiger partial charge is 0.251 e. The van der Waals surface area contributed by atoms with Crippen LogP contribution in [0, 0.1) is 6.92 Å². The van der Waals surface area contributed by atoms with Gasteiger partial charge in [-0.05, 0) is 37.7 Å². The van der Waals surface area contributed by atoms with Gasteiger partial charge in [-0.15, -0.1) is 0 Å². The molecule has 2 N–H and O–H groups in total. The number of para-hydroxylation sites is 1. The van der Waals surface area contributed by atoms with Gasteiger partial charge in [-0.25, -0.2) is 4.98 Å². The summed E-state index contributed by atoms with van der Waals surface area (Å²) >= 11 is 3.00. The summed E-state index contributed by atoms with van der Waals surface area (Å²) in [6, 6.07) is 9.15. The van der Waals surface area contributed by atoms with Crippen molar-refractivity contribution in [3.05, 3.63) is 51.9 Å². The molecule has 1 unspecified atom stereocenters. The molecule has 0 saturated heterocycles. The standard InChI is InChI=1S/C18H23N3O2S2/c1-4-9-24-11-14-10-16(22)21-18(19-14)25-13(3)17(23)20-15-8-6-5-7-12(15)2/h5-8,10,13H,4,9,11H2,1-3H3,(H,20,23)(H,19,21,22). The molecule has 1 aromatic carbocycles. The van der Waals surface area contributed by atoms with Crippen molar-refractivity contribution in [1.29, 1.82) is 0 Å². The van der Waals surface area contributed by atoms with E-state index in [4.69, 9.17) is 0 Å². The number of aromatic amines is 1. The second kappa shape index (κ2) is 9.68. The molecule has 5 nitrogen and oxygen atoms in total. The molecule has 0 aliphatic carbocycles. The zero-order valence-corrected chi connectivity index (χ0v) is 16.3. The first-order chi connectivity index (χ1) is 12.0. The molecule has 0 radical (unpaired) electrons. The number of hydrogen-bond donors (Lipinski definition) is 2. The first-order valence-electron chi connectivity index (χ1n) is 8.20. The predicted molar refractivity (Wildman–Crippen MR) is 106 cm³/mol. The van der Waals surface area contributed by atoms with Crippen LogP contribution < -0.4 is 10.9 Å². The van der Waals surface area contributed by atoms with Crippen LogP contribution in [-0.4, -0.2) is 26.9 Å². The van der Waals surface area contributed by atoms with E-state index in [0.29, 0.717) is 10.9 Å². The molecule has 0 saturated carbocycles. The fourth-order valence-electron chi connectivity index (χ4n) is 2.10. The Kier molecular flexibility index (Phi) is 7.58. The predicted octanol–water partition coefficient (Wildman–Crippen LogP) is 3.84. The second-order valence-corrected chi connectivity index (χ2v) is 8.09. The zero-order chi connectivity index (χ0) is 18.2. The summed E-state index contributed by atoms with van der Waals surface area (Å²) in [6.07, 6.45) is 1.09. The van der Waals surface area contributed by atoms with Crippen LogP contribution in [0.15, 0.2) is 40.3 Å². The van der Waals surface area contributed by atoms with Crippen molar-refractivity contribution in [1.82, 2.24) is 9.97 Å². The number of hydrogen-bond acceptors (Lipinski definition) is 5. The van der Waals surface area contributed by atoms with Gasteiger partial charge in [0.25, 0.3) is 5.56 Å². The minimum Gasteiger partial charge on any atom is -0.325 e. The highest BCUT2D eigenvalue weighted by Gasteiger charge is 2.17. The number of rotatable bonds is 8. The van der Waals surface area contributed by atoms with Crippen molar-refractivity contribution in [3.8, 4) is 0 Å². The average Bonchev–Trinajstić information content (AvgIpc) is 2.56. The molecule has 2 rings (SSSR count). The van der Waals surface area contributed by atoms with Crippen molar-refractivity contribution < 1.29 is 4.79 Å². The van der Waals surface area contributed by atoms with Gasteiger partial charge in [0, 0.05) is 17.5 Å². The van der Waals surface area contributed by atoms with Crippen LogP contribution in [0.1, 0.15) is 31.5 Å². The van der Waals surface area contributed by atoms with Gasteiger partial charge in [0.05, 0.1) is 10.9 Å². The van der Waals surface area contributed by atoms with E-state index in [1.165, 1.54) is 17.8 Å². The molecule has 0 aliphatic heterocycles. The third-order valence-electron chi connectivity index (χ3n) is 3.43. The lowest BCUT2D eigenvalue weighted by Gasteiger charge is -2.13. The molecule has 134 valence electrons.